The highest BCUT2D eigenvalue weighted by Crippen LogP contribution is 2.15. The molecule has 0 radical (unpaired) electrons. The Balaban J connectivity index is 2.89. The van der Waals surface area contributed by atoms with Crippen molar-refractivity contribution in [3.63, 3.8) is 0 Å². The van der Waals surface area contributed by atoms with Crippen LogP contribution in [0, 0.1) is 0 Å². The van der Waals surface area contributed by atoms with Crippen molar-refractivity contribution in [3.05, 3.63) is 29.8 Å². The second kappa shape index (κ2) is 6.30. The summed E-state index contributed by atoms with van der Waals surface area (Å²) < 4.78 is 33.9. The summed E-state index contributed by atoms with van der Waals surface area (Å²) in [4.78, 5) is 0.192. The molecule has 17 heavy (non-hydrogen) atoms. The van der Waals surface area contributed by atoms with E-state index in [1.54, 1.807) is 24.3 Å². The molecule has 0 heterocycles. The van der Waals surface area contributed by atoms with Gasteiger partial charge in [-0.2, -0.15) is 8.42 Å². The molecule has 0 fully saturated rings. The zero-order chi connectivity index (χ0) is 12.9. The predicted molar refractivity (Wildman–Crippen MR) is 68.7 cm³/mol. The van der Waals surface area contributed by atoms with Crippen molar-refractivity contribution in [3.8, 4) is 0 Å². The molecule has 0 aliphatic carbocycles. The molecule has 1 rings (SSSR count). The van der Waals surface area contributed by atoms with E-state index in [2.05, 4.69) is 0 Å². The second-order valence-electron chi connectivity index (χ2n) is 3.62. The topological polar surface area (TPSA) is 52.6 Å². The summed E-state index contributed by atoms with van der Waals surface area (Å²) in [6.45, 7) is 3.88. The Morgan fingerprint density at radius 1 is 1.18 bits per heavy atom. The first-order chi connectivity index (χ1) is 8.03. The van der Waals surface area contributed by atoms with E-state index in [1.165, 1.54) is 7.11 Å². The summed E-state index contributed by atoms with van der Waals surface area (Å²) in [6, 6.07) is 7.36. The summed E-state index contributed by atoms with van der Waals surface area (Å²) in [5.74, 6) is 0. The van der Waals surface area contributed by atoms with Crippen LogP contribution in [0.2, 0.25) is 6.04 Å². The van der Waals surface area contributed by atoms with E-state index in [-0.39, 0.29) is 4.90 Å². The lowest BCUT2D eigenvalue weighted by Crippen LogP contribution is -2.24. The average molecular weight is 274 g/mol. The van der Waals surface area contributed by atoms with Gasteiger partial charge in [0.1, 0.15) is 0 Å². The second-order valence-corrected chi connectivity index (χ2v) is 7.92. The van der Waals surface area contributed by atoms with E-state index in [0.717, 1.165) is 12.0 Å². The highest BCUT2D eigenvalue weighted by molar-refractivity contribution is 7.87. The lowest BCUT2D eigenvalue weighted by molar-refractivity contribution is 0.335. The van der Waals surface area contributed by atoms with Gasteiger partial charge in [0.15, 0.2) is 0 Å². The molecule has 1 aromatic rings. The van der Waals surface area contributed by atoms with Gasteiger partial charge in [-0.15, -0.1) is 0 Å². The molecule has 1 aromatic carbocycles. The smallest absolute Gasteiger partial charge is 0.341 e. The number of hydrogen-bond donors (Lipinski definition) is 0. The molecule has 0 aromatic heterocycles. The highest BCUT2D eigenvalue weighted by Gasteiger charge is 2.21. The summed E-state index contributed by atoms with van der Waals surface area (Å²) in [7, 11) is -4.28. The quantitative estimate of drug-likeness (QED) is 0.743. The maximum absolute atomic E-state index is 11.9. The van der Waals surface area contributed by atoms with Crippen LogP contribution in [0.5, 0.6) is 0 Å². The fourth-order valence-corrected chi connectivity index (χ4v) is 4.60. The van der Waals surface area contributed by atoms with E-state index in [0.29, 0.717) is 6.04 Å². The van der Waals surface area contributed by atoms with Gasteiger partial charge in [-0.05, 0) is 30.2 Å². The standard InChI is InChI=1S/C11H18O4SSi/c1-4-10-6-8-11(9-7-10)16(12,13)15-17(5-2)14-3/h6-9,17H,4-5H2,1-3H3. The zero-order valence-corrected chi connectivity index (χ0v) is 12.3. The Bertz CT molecular complexity index is 437. The normalized spacial score (nSPS) is 13.6. The minimum atomic E-state index is -3.67. The summed E-state index contributed by atoms with van der Waals surface area (Å²) >= 11 is 0. The Hall–Kier alpha value is -0.693. The van der Waals surface area contributed by atoms with E-state index in [9.17, 15) is 8.42 Å². The van der Waals surface area contributed by atoms with Gasteiger partial charge in [0.2, 0.25) is 0 Å². The van der Waals surface area contributed by atoms with Gasteiger partial charge in [-0.1, -0.05) is 26.0 Å². The van der Waals surface area contributed by atoms with Crippen molar-refractivity contribution in [2.45, 2.75) is 31.2 Å². The molecule has 0 spiro atoms. The van der Waals surface area contributed by atoms with Crippen molar-refractivity contribution in [1.82, 2.24) is 0 Å². The Kier molecular flexibility index (Phi) is 5.32. The molecule has 1 unspecified atom stereocenters. The minimum absolute atomic E-state index is 0.192. The van der Waals surface area contributed by atoms with Crippen LogP contribution in [0.25, 0.3) is 0 Å². The summed E-state index contributed by atoms with van der Waals surface area (Å²) in [6.07, 6.45) is 0.881. The Morgan fingerprint density at radius 3 is 2.18 bits per heavy atom. The van der Waals surface area contributed by atoms with Crippen molar-refractivity contribution >= 4 is 19.4 Å². The third-order valence-corrected chi connectivity index (χ3v) is 6.36. The molecule has 6 heteroatoms. The average Bonchev–Trinajstić information content (AvgIpc) is 2.36. The number of hydrogen-bond acceptors (Lipinski definition) is 4. The molecule has 0 aliphatic rings. The van der Waals surface area contributed by atoms with Gasteiger partial charge in [0.05, 0.1) is 4.90 Å². The van der Waals surface area contributed by atoms with Gasteiger partial charge in [-0.3, -0.25) is 3.87 Å². The van der Waals surface area contributed by atoms with E-state index in [4.69, 9.17) is 8.30 Å². The molecular formula is C11H18O4SSi. The lowest BCUT2D eigenvalue weighted by atomic mass is 10.2. The van der Waals surface area contributed by atoms with Gasteiger partial charge in [0.25, 0.3) is 10.1 Å². The monoisotopic (exact) mass is 274 g/mol. The van der Waals surface area contributed by atoms with Gasteiger partial charge < -0.3 is 4.43 Å². The largest absolute Gasteiger partial charge is 0.399 e. The van der Waals surface area contributed by atoms with Crippen molar-refractivity contribution in [2.75, 3.05) is 7.11 Å². The Labute approximate surface area is 105 Å². The van der Waals surface area contributed by atoms with Crippen LogP contribution in [0.1, 0.15) is 19.4 Å². The van der Waals surface area contributed by atoms with E-state index >= 15 is 0 Å². The zero-order valence-electron chi connectivity index (χ0n) is 10.3. The SMILES string of the molecule is CCc1ccc(S(=O)(=O)O[SiH](CC)OC)cc1. The summed E-state index contributed by atoms with van der Waals surface area (Å²) in [5, 5.41) is 0. The fourth-order valence-electron chi connectivity index (χ4n) is 1.36. The first kappa shape index (κ1) is 14.4. The molecule has 0 amide bonds. The molecule has 0 saturated heterocycles. The van der Waals surface area contributed by atoms with Crippen molar-refractivity contribution in [1.29, 1.82) is 0 Å². The van der Waals surface area contributed by atoms with Gasteiger partial charge in [-0.25, -0.2) is 0 Å². The molecule has 96 valence electrons. The number of aryl methyl sites for hydroxylation is 1. The number of rotatable bonds is 6. The van der Waals surface area contributed by atoms with E-state index < -0.39 is 19.4 Å². The van der Waals surface area contributed by atoms with E-state index in [1.807, 2.05) is 13.8 Å². The molecule has 1 atom stereocenters. The molecule has 0 N–H and O–H groups in total. The molecule has 0 bridgehead atoms. The molecule has 4 nitrogen and oxygen atoms in total. The van der Waals surface area contributed by atoms with Crippen LogP contribution >= 0.6 is 0 Å². The van der Waals surface area contributed by atoms with Crippen molar-refractivity contribution in [2.24, 2.45) is 0 Å². The molecule has 0 aliphatic heterocycles. The van der Waals surface area contributed by atoms with Crippen LogP contribution in [0.15, 0.2) is 29.2 Å². The Morgan fingerprint density at radius 2 is 1.76 bits per heavy atom. The third-order valence-electron chi connectivity index (χ3n) is 2.45. The fraction of sp³-hybridized carbons (Fsp3) is 0.455. The van der Waals surface area contributed by atoms with Gasteiger partial charge in [0, 0.05) is 7.11 Å². The minimum Gasteiger partial charge on any atom is -0.399 e. The van der Waals surface area contributed by atoms with Crippen LogP contribution < -0.4 is 0 Å². The lowest BCUT2D eigenvalue weighted by Gasteiger charge is -2.12. The summed E-state index contributed by atoms with van der Waals surface area (Å²) in [5.41, 5.74) is 1.10. The predicted octanol–water partition coefficient (Wildman–Crippen LogP) is 1.84. The maximum Gasteiger partial charge on any atom is 0.341 e. The highest BCUT2D eigenvalue weighted by atomic mass is 32.2. The maximum atomic E-state index is 11.9. The van der Waals surface area contributed by atoms with Crippen molar-refractivity contribution < 1.29 is 16.7 Å². The van der Waals surface area contributed by atoms with Gasteiger partial charge >= 0.3 is 9.28 Å². The number of benzene rings is 1. The van der Waals surface area contributed by atoms with Crippen LogP contribution in [0.3, 0.4) is 0 Å². The first-order valence-electron chi connectivity index (χ1n) is 5.58. The van der Waals surface area contributed by atoms with Crippen LogP contribution in [-0.4, -0.2) is 24.8 Å². The van der Waals surface area contributed by atoms with Crippen LogP contribution in [0.4, 0.5) is 0 Å². The molecular weight excluding hydrogens is 256 g/mol. The molecule has 0 saturated carbocycles. The first-order valence-corrected chi connectivity index (χ1v) is 8.75. The van der Waals surface area contributed by atoms with Crippen LogP contribution in [-0.2, 0) is 24.8 Å². The third kappa shape index (κ3) is 3.92.